The first-order chi connectivity index (χ1) is 9.04. The molecule has 1 N–H and O–H groups in total. The zero-order valence-electron chi connectivity index (χ0n) is 11.2. The highest BCUT2D eigenvalue weighted by atomic mass is 16.2. The average Bonchev–Trinajstić information content (AvgIpc) is 3.11. The zero-order chi connectivity index (χ0) is 13.6. The lowest BCUT2D eigenvalue weighted by molar-refractivity contribution is -0.145. The van der Waals surface area contributed by atoms with Crippen LogP contribution in [0.3, 0.4) is 0 Å². The van der Waals surface area contributed by atoms with E-state index < -0.39 is 0 Å². The molecule has 2 fully saturated rings. The molecule has 1 saturated heterocycles. The van der Waals surface area contributed by atoms with Crippen molar-refractivity contribution in [2.75, 3.05) is 6.54 Å². The Kier molecular flexibility index (Phi) is 2.80. The normalized spacial score (nSPS) is 23.7. The molecule has 0 bridgehead atoms. The predicted molar refractivity (Wildman–Crippen MR) is 68.0 cm³/mol. The Bertz CT molecular complexity index is 533. The Morgan fingerprint density at radius 2 is 2.16 bits per heavy atom. The monoisotopic (exact) mass is 262 g/mol. The van der Waals surface area contributed by atoms with Crippen LogP contribution in [0.4, 0.5) is 0 Å². The maximum Gasteiger partial charge on any atom is 0.246 e. The molecule has 1 saturated carbocycles. The number of carbonyl (C=O) groups is 2. The van der Waals surface area contributed by atoms with Gasteiger partial charge < -0.3 is 10.2 Å². The molecule has 102 valence electrons. The molecule has 1 atom stereocenters. The van der Waals surface area contributed by atoms with Crippen LogP contribution in [0, 0.1) is 12.8 Å². The summed E-state index contributed by atoms with van der Waals surface area (Å²) in [6, 6.07) is 1.64. The first-order valence-corrected chi connectivity index (χ1v) is 6.62. The van der Waals surface area contributed by atoms with Crippen LogP contribution in [0.25, 0.3) is 0 Å². The van der Waals surface area contributed by atoms with Crippen LogP contribution in [-0.4, -0.2) is 39.1 Å². The molecule has 1 aromatic heterocycles. The van der Waals surface area contributed by atoms with Crippen molar-refractivity contribution in [1.82, 2.24) is 20.0 Å². The Balaban J connectivity index is 1.77. The lowest BCUT2D eigenvalue weighted by Gasteiger charge is -2.32. The van der Waals surface area contributed by atoms with E-state index in [1.165, 1.54) is 0 Å². The van der Waals surface area contributed by atoms with Crippen LogP contribution in [0.1, 0.15) is 24.2 Å². The molecular formula is C13H18N4O2. The van der Waals surface area contributed by atoms with E-state index in [4.69, 9.17) is 0 Å². The zero-order valence-corrected chi connectivity index (χ0v) is 11.2. The van der Waals surface area contributed by atoms with Crippen LogP contribution in [-0.2, 0) is 23.2 Å². The van der Waals surface area contributed by atoms with Gasteiger partial charge >= 0.3 is 0 Å². The largest absolute Gasteiger partial charge is 0.342 e. The lowest BCUT2D eigenvalue weighted by atomic mass is 10.1. The molecule has 2 heterocycles. The van der Waals surface area contributed by atoms with Crippen molar-refractivity contribution >= 4 is 11.8 Å². The number of hydrogen-bond acceptors (Lipinski definition) is 3. The van der Waals surface area contributed by atoms with Crippen LogP contribution < -0.4 is 5.32 Å². The maximum absolute atomic E-state index is 12.4. The summed E-state index contributed by atoms with van der Waals surface area (Å²) in [5.41, 5.74) is 1.88. The minimum Gasteiger partial charge on any atom is -0.342 e. The fourth-order valence-electron chi connectivity index (χ4n) is 2.62. The highest BCUT2D eigenvalue weighted by molar-refractivity contribution is 5.95. The third-order valence-electron chi connectivity index (χ3n) is 3.77. The smallest absolute Gasteiger partial charge is 0.246 e. The second kappa shape index (κ2) is 4.36. The molecule has 2 amide bonds. The molecule has 19 heavy (non-hydrogen) atoms. The lowest BCUT2D eigenvalue weighted by Crippen LogP contribution is -2.58. The second-order valence-electron chi connectivity index (χ2n) is 5.48. The highest BCUT2D eigenvalue weighted by Gasteiger charge is 2.42. The predicted octanol–water partition coefficient (Wildman–Crippen LogP) is -0.0345. The third-order valence-corrected chi connectivity index (χ3v) is 3.77. The number of rotatable bonds is 3. The quantitative estimate of drug-likeness (QED) is 0.831. The number of aryl methyl sites for hydroxylation is 2. The fraction of sp³-hybridized carbons (Fsp3) is 0.615. The second-order valence-corrected chi connectivity index (χ2v) is 5.48. The van der Waals surface area contributed by atoms with Gasteiger partial charge in [0.05, 0.1) is 17.9 Å². The van der Waals surface area contributed by atoms with E-state index >= 15 is 0 Å². The first-order valence-electron chi connectivity index (χ1n) is 6.62. The molecule has 6 heteroatoms. The van der Waals surface area contributed by atoms with Gasteiger partial charge in [-0.2, -0.15) is 5.10 Å². The van der Waals surface area contributed by atoms with Crippen LogP contribution in [0.15, 0.2) is 6.07 Å². The van der Waals surface area contributed by atoms with Gasteiger partial charge in [0.1, 0.15) is 12.6 Å². The minimum atomic E-state index is -0.310. The van der Waals surface area contributed by atoms with Gasteiger partial charge in [-0.05, 0) is 31.7 Å². The molecule has 2 aliphatic rings. The van der Waals surface area contributed by atoms with Crippen LogP contribution >= 0.6 is 0 Å². The maximum atomic E-state index is 12.4. The van der Waals surface area contributed by atoms with Gasteiger partial charge in [-0.3, -0.25) is 14.3 Å². The van der Waals surface area contributed by atoms with E-state index in [0.29, 0.717) is 12.5 Å². The summed E-state index contributed by atoms with van der Waals surface area (Å²) in [6.45, 7) is 2.51. The number of piperazine rings is 1. The summed E-state index contributed by atoms with van der Waals surface area (Å²) >= 11 is 0. The van der Waals surface area contributed by atoms with E-state index in [1.807, 2.05) is 20.0 Å². The van der Waals surface area contributed by atoms with Crippen LogP contribution in [0.5, 0.6) is 0 Å². The van der Waals surface area contributed by atoms with Crippen molar-refractivity contribution in [3.8, 4) is 0 Å². The number of hydrogen-bond donors (Lipinski definition) is 1. The molecule has 1 unspecified atom stereocenters. The molecule has 1 aromatic rings. The van der Waals surface area contributed by atoms with Crippen molar-refractivity contribution in [2.24, 2.45) is 13.0 Å². The number of aromatic nitrogens is 2. The number of amides is 2. The third kappa shape index (κ3) is 2.34. The number of nitrogens with one attached hydrogen (secondary N) is 1. The summed E-state index contributed by atoms with van der Waals surface area (Å²) in [6.07, 6.45) is 2.07. The molecule has 0 aromatic carbocycles. The Labute approximate surface area is 111 Å². The standard InChI is InChI=1S/C13H18N4O2/c1-8-5-10(16(2)15-8)6-17-7-11(18)14-12(13(17)19)9-3-4-9/h5,9,12H,3-4,6-7H2,1-2H3,(H,14,18). The molecule has 3 rings (SSSR count). The molecule has 1 aliphatic carbocycles. The number of carbonyl (C=O) groups excluding carboxylic acids is 2. The van der Waals surface area contributed by atoms with E-state index in [2.05, 4.69) is 10.4 Å². The first kappa shape index (κ1) is 12.2. The summed E-state index contributed by atoms with van der Waals surface area (Å²) in [5.74, 6) is 0.323. The average molecular weight is 262 g/mol. The van der Waals surface area contributed by atoms with E-state index in [-0.39, 0.29) is 24.4 Å². The van der Waals surface area contributed by atoms with Gasteiger partial charge in [-0.1, -0.05) is 0 Å². The van der Waals surface area contributed by atoms with Gasteiger partial charge in [0.2, 0.25) is 11.8 Å². The van der Waals surface area contributed by atoms with Crippen molar-refractivity contribution in [2.45, 2.75) is 32.4 Å². The van der Waals surface area contributed by atoms with Crippen molar-refractivity contribution in [1.29, 1.82) is 0 Å². The topological polar surface area (TPSA) is 67.2 Å². The van der Waals surface area contributed by atoms with Gasteiger partial charge in [-0.25, -0.2) is 0 Å². The Morgan fingerprint density at radius 3 is 2.74 bits per heavy atom. The summed E-state index contributed by atoms with van der Waals surface area (Å²) in [4.78, 5) is 25.7. The van der Waals surface area contributed by atoms with E-state index in [9.17, 15) is 9.59 Å². The Hall–Kier alpha value is -1.85. The van der Waals surface area contributed by atoms with Crippen molar-refractivity contribution < 1.29 is 9.59 Å². The minimum absolute atomic E-state index is 0.0425. The van der Waals surface area contributed by atoms with Crippen molar-refractivity contribution in [3.05, 3.63) is 17.5 Å². The summed E-state index contributed by atoms with van der Waals surface area (Å²) in [7, 11) is 1.86. The van der Waals surface area contributed by atoms with E-state index in [0.717, 1.165) is 24.2 Å². The fourth-order valence-corrected chi connectivity index (χ4v) is 2.62. The van der Waals surface area contributed by atoms with Gasteiger partial charge in [0, 0.05) is 7.05 Å². The summed E-state index contributed by atoms with van der Waals surface area (Å²) < 4.78 is 1.77. The van der Waals surface area contributed by atoms with Crippen LogP contribution in [0.2, 0.25) is 0 Å². The summed E-state index contributed by atoms with van der Waals surface area (Å²) in [5, 5.41) is 7.08. The van der Waals surface area contributed by atoms with Gasteiger partial charge in [0.25, 0.3) is 0 Å². The Morgan fingerprint density at radius 1 is 1.42 bits per heavy atom. The van der Waals surface area contributed by atoms with E-state index in [1.54, 1.807) is 9.58 Å². The SMILES string of the molecule is Cc1cc(CN2CC(=O)NC(C3CC3)C2=O)n(C)n1. The highest BCUT2D eigenvalue weighted by Crippen LogP contribution is 2.34. The molecular weight excluding hydrogens is 244 g/mol. The molecule has 1 aliphatic heterocycles. The van der Waals surface area contributed by atoms with Crippen molar-refractivity contribution in [3.63, 3.8) is 0 Å². The van der Waals surface area contributed by atoms with Gasteiger partial charge in [0.15, 0.2) is 0 Å². The number of nitrogens with zero attached hydrogens (tertiary/aromatic N) is 3. The molecule has 0 radical (unpaired) electrons. The molecule has 0 spiro atoms. The van der Waals surface area contributed by atoms with Gasteiger partial charge in [-0.15, -0.1) is 0 Å². The molecule has 6 nitrogen and oxygen atoms in total.